The molecule has 3 rings (SSSR count). The van der Waals surface area contributed by atoms with Gasteiger partial charge in [-0.15, -0.1) is 6.58 Å². The van der Waals surface area contributed by atoms with Crippen LogP contribution in [-0.4, -0.2) is 61.1 Å². The number of rotatable bonds is 6. The molecule has 24 heavy (non-hydrogen) atoms. The van der Waals surface area contributed by atoms with Crippen molar-refractivity contribution in [2.75, 3.05) is 18.5 Å². The van der Waals surface area contributed by atoms with Crippen LogP contribution in [0.3, 0.4) is 0 Å². The number of allylic oxidation sites excluding steroid dienone is 1. The zero-order valence-corrected chi connectivity index (χ0v) is 13.0. The first kappa shape index (κ1) is 16.5. The number of carbonyl (C=O) groups excluding carboxylic acids is 1. The number of nitrogens with zero attached hydrogens (tertiary/aromatic N) is 4. The molecule has 9 nitrogen and oxygen atoms in total. The van der Waals surface area contributed by atoms with E-state index in [1.165, 1.54) is 12.7 Å². The Hall–Kier alpha value is -2.36. The number of fused-ring (bicyclic) bond motifs is 1. The first-order chi connectivity index (χ1) is 11.7. The van der Waals surface area contributed by atoms with Gasteiger partial charge in [0.2, 0.25) is 5.91 Å². The number of hydrogen-bond donors (Lipinski definition) is 3. The fourth-order valence-corrected chi connectivity index (χ4v) is 2.69. The molecule has 128 valence electrons. The molecule has 2 aromatic heterocycles. The fraction of sp³-hybridized carbons (Fsp3) is 0.467. The number of hydrogen-bond acceptors (Lipinski definition) is 7. The van der Waals surface area contributed by atoms with Gasteiger partial charge in [-0.05, 0) is 6.42 Å². The van der Waals surface area contributed by atoms with Gasteiger partial charge in [0, 0.05) is 6.42 Å². The van der Waals surface area contributed by atoms with E-state index in [-0.39, 0.29) is 19.1 Å². The summed E-state index contributed by atoms with van der Waals surface area (Å²) in [5.41, 5.74) is 0.916. The lowest BCUT2D eigenvalue weighted by Gasteiger charge is -2.17. The molecule has 0 aromatic carbocycles. The Bertz CT molecular complexity index is 747. The SMILES string of the molecule is C=CCCC(=O)Nc1ncnc2c1ncn2[C@@H]1COC(CO)[C@H]1O. The quantitative estimate of drug-likeness (QED) is 0.637. The smallest absolute Gasteiger partial charge is 0.225 e. The monoisotopic (exact) mass is 333 g/mol. The molecular formula is C15H19N5O4. The van der Waals surface area contributed by atoms with Gasteiger partial charge in [-0.3, -0.25) is 4.79 Å². The molecule has 3 N–H and O–H groups in total. The van der Waals surface area contributed by atoms with E-state index in [1.807, 2.05) is 0 Å². The van der Waals surface area contributed by atoms with E-state index < -0.39 is 18.2 Å². The van der Waals surface area contributed by atoms with Crippen LogP contribution in [0.15, 0.2) is 25.3 Å². The summed E-state index contributed by atoms with van der Waals surface area (Å²) in [5, 5.41) is 22.1. The number of imidazole rings is 1. The van der Waals surface area contributed by atoms with Gasteiger partial charge in [0.15, 0.2) is 17.0 Å². The topological polar surface area (TPSA) is 122 Å². The summed E-state index contributed by atoms with van der Waals surface area (Å²) >= 11 is 0. The molecular weight excluding hydrogens is 314 g/mol. The Morgan fingerprint density at radius 1 is 1.50 bits per heavy atom. The maximum atomic E-state index is 11.9. The van der Waals surface area contributed by atoms with E-state index in [9.17, 15) is 15.0 Å². The van der Waals surface area contributed by atoms with Crippen molar-refractivity contribution in [2.24, 2.45) is 0 Å². The minimum atomic E-state index is -0.868. The van der Waals surface area contributed by atoms with E-state index in [0.717, 1.165) is 0 Å². The molecule has 0 bridgehead atoms. The number of carbonyl (C=O) groups is 1. The van der Waals surface area contributed by atoms with Crippen LogP contribution in [0.2, 0.25) is 0 Å². The average Bonchev–Trinajstić information content (AvgIpc) is 3.16. The number of amides is 1. The van der Waals surface area contributed by atoms with Crippen LogP contribution in [-0.2, 0) is 9.53 Å². The minimum Gasteiger partial charge on any atom is -0.394 e. The number of aromatic nitrogens is 4. The van der Waals surface area contributed by atoms with Gasteiger partial charge < -0.3 is 24.8 Å². The Balaban J connectivity index is 1.87. The second-order valence-corrected chi connectivity index (χ2v) is 5.53. The number of anilines is 1. The van der Waals surface area contributed by atoms with Crippen molar-refractivity contribution in [3.05, 3.63) is 25.3 Å². The fourth-order valence-electron chi connectivity index (χ4n) is 2.69. The third-order valence-corrected chi connectivity index (χ3v) is 3.99. The lowest BCUT2D eigenvalue weighted by molar-refractivity contribution is -0.116. The summed E-state index contributed by atoms with van der Waals surface area (Å²) in [7, 11) is 0. The molecule has 1 unspecified atom stereocenters. The van der Waals surface area contributed by atoms with E-state index in [2.05, 4.69) is 26.8 Å². The summed E-state index contributed by atoms with van der Waals surface area (Å²) in [5.74, 6) is 0.133. The Labute approximate surface area is 138 Å². The van der Waals surface area contributed by atoms with Crippen molar-refractivity contribution in [1.82, 2.24) is 19.5 Å². The van der Waals surface area contributed by atoms with E-state index in [0.29, 0.717) is 29.8 Å². The van der Waals surface area contributed by atoms with Crippen LogP contribution in [0.25, 0.3) is 11.2 Å². The van der Waals surface area contributed by atoms with E-state index in [4.69, 9.17) is 4.74 Å². The van der Waals surface area contributed by atoms with Crippen molar-refractivity contribution < 1.29 is 19.7 Å². The van der Waals surface area contributed by atoms with Crippen LogP contribution in [0.1, 0.15) is 18.9 Å². The van der Waals surface area contributed by atoms with Crippen molar-refractivity contribution in [3.63, 3.8) is 0 Å². The molecule has 2 aromatic rings. The number of aliphatic hydroxyl groups is 2. The first-order valence-electron chi connectivity index (χ1n) is 7.64. The van der Waals surface area contributed by atoms with Crippen LogP contribution >= 0.6 is 0 Å². The van der Waals surface area contributed by atoms with Crippen molar-refractivity contribution in [3.8, 4) is 0 Å². The predicted octanol–water partition coefficient (Wildman–Crippen LogP) is 0.0241. The third-order valence-electron chi connectivity index (χ3n) is 3.99. The number of aliphatic hydroxyl groups excluding tert-OH is 2. The van der Waals surface area contributed by atoms with Gasteiger partial charge in [0.05, 0.1) is 25.6 Å². The molecule has 1 amide bonds. The molecule has 1 aliphatic heterocycles. The summed E-state index contributed by atoms with van der Waals surface area (Å²) in [6.07, 6.45) is 3.90. The van der Waals surface area contributed by atoms with Gasteiger partial charge in [-0.2, -0.15) is 0 Å². The second-order valence-electron chi connectivity index (χ2n) is 5.53. The Morgan fingerprint density at radius 2 is 2.33 bits per heavy atom. The summed E-state index contributed by atoms with van der Waals surface area (Å²) in [6.45, 7) is 3.56. The molecule has 3 heterocycles. The van der Waals surface area contributed by atoms with Gasteiger partial charge >= 0.3 is 0 Å². The largest absolute Gasteiger partial charge is 0.394 e. The zero-order chi connectivity index (χ0) is 17.1. The molecule has 1 aliphatic rings. The predicted molar refractivity (Wildman–Crippen MR) is 85.3 cm³/mol. The highest BCUT2D eigenvalue weighted by molar-refractivity contribution is 5.96. The van der Waals surface area contributed by atoms with E-state index in [1.54, 1.807) is 10.6 Å². The zero-order valence-electron chi connectivity index (χ0n) is 13.0. The average molecular weight is 333 g/mol. The Kier molecular flexibility index (Phi) is 4.84. The standard InChI is InChI=1S/C15H19N5O4/c1-2-3-4-11(22)19-14-12-15(17-7-16-14)20(8-18-12)9-6-24-10(5-21)13(9)23/h2,7-10,13,21,23H,1,3-6H2,(H,16,17,19,22)/t9-,10?,13+/m1/s1. The van der Waals surface area contributed by atoms with Crippen molar-refractivity contribution in [1.29, 1.82) is 0 Å². The van der Waals surface area contributed by atoms with Gasteiger partial charge in [-0.1, -0.05) is 6.08 Å². The molecule has 1 saturated heterocycles. The van der Waals surface area contributed by atoms with Crippen molar-refractivity contribution in [2.45, 2.75) is 31.1 Å². The molecule has 3 atom stereocenters. The summed E-state index contributed by atoms with van der Waals surface area (Å²) in [4.78, 5) is 24.4. The van der Waals surface area contributed by atoms with Crippen LogP contribution in [0, 0.1) is 0 Å². The Morgan fingerprint density at radius 3 is 3.04 bits per heavy atom. The van der Waals surface area contributed by atoms with Crippen LogP contribution in [0.4, 0.5) is 5.82 Å². The number of nitrogens with one attached hydrogen (secondary N) is 1. The molecule has 1 fully saturated rings. The number of ether oxygens (including phenoxy) is 1. The van der Waals surface area contributed by atoms with Gasteiger partial charge in [0.1, 0.15) is 18.5 Å². The highest BCUT2D eigenvalue weighted by Gasteiger charge is 2.37. The van der Waals surface area contributed by atoms with Crippen molar-refractivity contribution >= 4 is 22.9 Å². The highest BCUT2D eigenvalue weighted by Crippen LogP contribution is 2.28. The second kappa shape index (κ2) is 7.04. The molecule has 0 aliphatic carbocycles. The normalized spacial score (nSPS) is 23.5. The van der Waals surface area contributed by atoms with Gasteiger partial charge in [-0.25, -0.2) is 15.0 Å². The maximum Gasteiger partial charge on any atom is 0.225 e. The minimum absolute atomic E-state index is 0.186. The molecule has 0 saturated carbocycles. The van der Waals surface area contributed by atoms with Gasteiger partial charge in [0.25, 0.3) is 0 Å². The van der Waals surface area contributed by atoms with Crippen LogP contribution < -0.4 is 5.32 Å². The maximum absolute atomic E-state index is 11.9. The van der Waals surface area contributed by atoms with Crippen LogP contribution in [0.5, 0.6) is 0 Å². The van der Waals surface area contributed by atoms with E-state index >= 15 is 0 Å². The molecule has 0 spiro atoms. The summed E-state index contributed by atoms with van der Waals surface area (Å²) in [6, 6.07) is -0.411. The lowest BCUT2D eigenvalue weighted by atomic mass is 10.1. The third kappa shape index (κ3) is 3.01. The molecule has 9 heteroatoms. The lowest BCUT2D eigenvalue weighted by Crippen LogP contribution is -2.30. The first-order valence-corrected chi connectivity index (χ1v) is 7.64. The highest BCUT2D eigenvalue weighted by atomic mass is 16.5. The molecule has 0 radical (unpaired) electrons. The summed E-state index contributed by atoms with van der Waals surface area (Å²) < 4.78 is 7.04.